The SMILES string of the molecule is Cc1cccc(C)c1NC(=O)c1ccc(CC(C)C)cc1. The van der Waals surface area contributed by atoms with Gasteiger partial charge in [0.25, 0.3) is 5.91 Å². The third-order valence-corrected chi connectivity index (χ3v) is 3.58. The summed E-state index contributed by atoms with van der Waals surface area (Å²) in [5, 5.41) is 3.02. The molecule has 21 heavy (non-hydrogen) atoms. The Morgan fingerprint density at radius 2 is 1.57 bits per heavy atom. The smallest absolute Gasteiger partial charge is 0.255 e. The van der Waals surface area contributed by atoms with Crippen LogP contribution in [0.15, 0.2) is 42.5 Å². The second-order valence-electron chi connectivity index (χ2n) is 6.02. The van der Waals surface area contributed by atoms with Gasteiger partial charge in [0.2, 0.25) is 0 Å². The van der Waals surface area contributed by atoms with E-state index in [1.54, 1.807) is 0 Å². The first-order chi connectivity index (χ1) is 9.97. The minimum atomic E-state index is -0.0523. The van der Waals surface area contributed by atoms with Gasteiger partial charge >= 0.3 is 0 Å². The van der Waals surface area contributed by atoms with Crippen molar-refractivity contribution in [2.45, 2.75) is 34.1 Å². The molecule has 0 bridgehead atoms. The lowest BCUT2D eigenvalue weighted by Crippen LogP contribution is -2.13. The molecule has 0 spiro atoms. The fraction of sp³-hybridized carbons (Fsp3) is 0.316. The summed E-state index contributed by atoms with van der Waals surface area (Å²) in [5.41, 5.74) is 5.05. The van der Waals surface area contributed by atoms with Crippen LogP contribution in [0.3, 0.4) is 0 Å². The molecule has 0 heterocycles. The second-order valence-corrected chi connectivity index (χ2v) is 6.02. The van der Waals surface area contributed by atoms with Crippen molar-refractivity contribution in [2.24, 2.45) is 5.92 Å². The quantitative estimate of drug-likeness (QED) is 0.860. The van der Waals surface area contributed by atoms with Gasteiger partial charge in [0, 0.05) is 11.3 Å². The first-order valence-corrected chi connectivity index (χ1v) is 7.44. The Labute approximate surface area is 127 Å². The Morgan fingerprint density at radius 1 is 1.00 bits per heavy atom. The van der Waals surface area contributed by atoms with Crippen LogP contribution in [0.5, 0.6) is 0 Å². The number of nitrogens with one attached hydrogen (secondary N) is 1. The molecule has 2 nitrogen and oxygen atoms in total. The number of hydrogen-bond donors (Lipinski definition) is 1. The van der Waals surface area contributed by atoms with E-state index in [9.17, 15) is 4.79 Å². The van der Waals surface area contributed by atoms with Gasteiger partial charge in [-0.3, -0.25) is 4.79 Å². The molecular formula is C19H23NO. The van der Waals surface area contributed by atoms with Crippen molar-refractivity contribution in [3.05, 3.63) is 64.7 Å². The normalized spacial score (nSPS) is 10.7. The van der Waals surface area contributed by atoms with Gasteiger partial charge in [0.15, 0.2) is 0 Å². The molecule has 1 N–H and O–H groups in total. The standard InChI is InChI=1S/C19H23NO/c1-13(2)12-16-8-10-17(11-9-16)19(21)20-18-14(3)6-5-7-15(18)4/h5-11,13H,12H2,1-4H3,(H,20,21). The minimum absolute atomic E-state index is 0.0523. The highest BCUT2D eigenvalue weighted by Crippen LogP contribution is 2.20. The van der Waals surface area contributed by atoms with E-state index in [0.717, 1.165) is 23.2 Å². The third-order valence-electron chi connectivity index (χ3n) is 3.58. The highest BCUT2D eigenvalue weighted by Gasteiger charge is 2.09. The number of anilines is 1. The van der Waals surface area contributed by atoms with Crippen molar-refractivity contribution in [2.75, 3.05) is 5.32 Å². The van der Waals surface area contributed by atoms with Crippen LogP contribution < -0.4 is 5.32 Å². The maximum Gasteiger partial charge on any atom is 0.255 e. The summed E-state index contributed by atoms with van der Waals surface area (Å²) >= 11 is 0. The van der Waals surface area contributed by atoms with Gasteiger partial charge < -0.3 is 5.32 Å². The maximum atomic E-state index is 12.3. The summed E-state index contributed by atoms with van der Waals surface area (Å²) in [6.07, 6.45) is 1.04. The van der Waals surface area contributed by atoms with Crippen molar-refractivity contribution in [3.63, 3.8) is 0 Å². The first-order valence-electron chi connectivity index (χ1n) is 7.44. The molecule has 2 heteroatoms. The number of carbonyl (C=O) groups is 1. The van der Waals surface area contributed by atoms with Gasteiger partial charge in [-0.25, -0.2) is 0 Å². The first kappa shape index (κ1) is 15.3. The van der Waals surface area contributed by atoms with Crippen LogP contribution in [-0.4, -0.2) is 5.91 Å². The maximum absolute atomic E-state index is 12.3. The largest absolute Gasteiger partial charge is 0.322 e. The van der Waals surface area contributed by atoms with Crippen LogP contribution in [-0.2, 0) is 6.42 Å². The molecule has 1 amide bonds. The topological polar surface area (TPSA) is 29.1 Å². The van der Waals surface area contributed by atoms with E-state index < -0.39 is 0 Å². The van der Waals surface area contributed by atoms with Crippen LogP contribution in [0.2, 0.25) is 0 Å². The predicted molar refractivity (Wildman–Crippen MR) is 88.9 cm³/mol. The van der Waals surface area contributed by atoms with E-state index in [-0.39, 0.29) is 5.91 Å². The van der Waals surface area contributed by atoms with Crippen molar-refractivity contribution >= 4 is 11.6 Å². The molecule has 0 fully saturated rings. The molecule has 2 rings (SSSR count). The summed E-state index contributed by atoms with van der Waals surface area (Å²) in [6.45, 7) is 8.41. The molecular weight excluding hydrogens is 258 g/mol. The summed E-state index contributed by atoms with van der Waals surface area (Å²) in [5.74, 6) is 0.572. The lowest BCUT2D eigenvalue weighted by Gasteiger charge is -2.12. The number of benzene rings is 2. The number of carbonyl (C=O) groups excluding carboxylic acids is 1. The Morgan fingerprint density at radius 3 is 2.10 bits per heavy atom. The number of rotatable bonds is 4. The van der Waals surface area contributed by atoms with Crippen molar-refractivity contribution in [3.8, 4) is 0 Å². The molecule has 0 aliphatic carbocycles. The van der Waals surface area contributed by atoms with E-state index in [0.29, 0.717) is 11.5 Å². The number of amides is 1. The zero-order valence-electron chi connectivity index (χ0n) is 13.2. The summed E-state index contributed by atoms with van der Waals surface area (Å²) < 4.78 is 0. The Kier molecular flexibility index (Phi) is 4.79. The Balaban J connectivity index is 2.13. The van der Waals surface area contributed by atoms with Crippen LogP contribution in [0, 0.1) is 19.8 Å². The van der Waals surface area contributed by atoms with Gasteiger partial charge in [-0.15, -0.1) is 0 Å². The van der Waals surface area contributed by atoms with E-state index in [4.69, 9.17) is 0 Å². The van der Waals surface area contributed by atoms with Crippen molar-refractivity contribution in [1.82, 2.24) is 0 Å². The number of aryl methyl sites for hydroxylation is 2. The molecule has 0 aliphatic heterocycles. The van der Waals surface area contributed by atoms with E-state index in [1.807, 2.05) is 56.3 Å². The van der Waals surface area contributed by atoms with Gasteiger partial charge in [-0.1, -0.05) is 44.2 Å². The molecule has 0 saturated heterocycles. The summed E-state index contributed by atoms with van der Waals surface area (Å²) in [4.78, 5) is 12.3. The van der Waals surface area contributed by atoms with Gasteiger partial charge in [-0.2, -0.15) is 0 Å². The van der Waals surface area contributed by atoms with Gasteiger partial charge in [-0.05, 0) is 55.0 Å². The number of para-hydroxylation sites is 1. The average molecular weight is 281 g/mol. The summed E-state index contributed by atoms with van der Waals surface area (Å²) in [6, 6.07) is 13.9. The molecule has 110 valence electrons. The van der Waals surface area contributed by atoms with Gasteiger partial charge in [0.1, 0.15) is 0 Å². The lowest BCUT2D eigenvalue weighted by molar-refractivity contribution is 0.102. The molecule has 0 aromatic heterocycles. The van der Waals surface area contributed by atoms with Crippen LogP contribution in [0.1, 0.15) is 40.9 Å². The fourth-order valence-electron chi connectivity index (χ4n) is 2.46. The minimum Gasteiger partial charge on any atom is -0.322 e. The van der Waals surface area contributed by atoms with Crippen LogP contribution >= 0.6 is 0 Å². The lowest BCUT2D eigenvalue weighted by atomic mass is 10.0. The van der Waals surface area contributed by atoms with E-state index >= 15 is 0 Å². The molecule has 0 aliphatic rings. The Bertz CT molecular complexity index is 606. The highest BCUT2D eigenvalue weighted by molar-refractivity contribution is 6.05. The monoisotopic (exact) mass is 281 g/mol. The predicted octanol–water partition coefficient (Wildman–Crippen LogP) is 4.75. The van der Waals surface area contributed by atoms with E-state index in [2.05, 4.69) is 19.2 Å². The van der Waals surface area contributed by atoms with Crippen LogP contribution in [0.25, 0.3) is 0 Å². The van der Waals surface area contributed by atoms with Crippen molar-refractivity contribution in [1.29, 1.82) is 0 Å². The summed E-state index contributed by atoms with van der Waals surface area (Å²) in [7, 11) is 0. The molecule has 2 aromatic rings. The number of hydrogen-bond acceptors (Lipinski definition) is 1. The zero-order valence-corrected chi connectivity index (χ0v) is 13.2. The van der Waals surface area contributed by atoms with Crippen LogP contribution in [0.4, 0.5) is 5.69 Å². The molecule has 0 atom stereocenters. The second kappa shape index (κ2) is 6.57. The third kappa shape index (κ3) is 3.94. The molecule has 0 saturated carbocycles. The van der Waals surface area contributed by atoms with Crippen molar-refractivity contribution < 1.29 is 4.79 Å². The molecule has 2 aromatic carbocycles. The Hall–Kier alpha value is -2.09. The zero-order chi connectivity index (χ0) is 15.4. The fourth-order valence-corrected chi connectivity index (χ4v) is 2.46. The van der Waals surface area contributed by atoms with Gasteiger partial charge in [0.05, 0.1) is 0 Å². The molecule has 0 radical (unpaired) electrons. The molecule has 0 unspecified atom stereocenters. The highest BCUT2D eigenvalue weighted by atomic mass is 16.1. The van der Waals surface area contributed by atoms with E-state index in [1.165, 1.54) is 5.56 Å². The average Bonchev–Trinajstić information content (AvgIpc) is 2.43.